The second-order valence-corrected chi connectivity index (χ2v) is 8.71. The first kappa shape index (κ1) is 26.2. The Hall–Kier alpha value is -0.870. The lowest BCUT2D eigenvalue weighted by molar-refractivity contribution is 0.0672. The van der Waals surface area contributed by atoms with E-state index < -0.39 is 5.60 Å². The highest BCUT2D eigenvalue weighted by Crippen LogP contribution is 2.21. The van der Waals surface area contributed by atoms with Crippen molar-refractivity contribution in [3.8, 4) is 0 Å². The molecule has 0 radical (unpaired) electrons. The molecule has 1 saturated heterocycles. The van der Waals surface area contributed by atoms with E-state index in [2.05, 4.69) is 46.4 Å². The monoisotopic (exact) mass is 520 g/mol. The first-order valence-electron chi connectivity index (χ1n) is 10.8. The molecule has 7 nitrogen and oxygen atoms in total. The van der Waals surface area contributed by atoms with Gasteiger partial charge in [-0.3, -0.25) is 4.68 Å². The molecule has 0 spiro atoms. The molecule has 8 heteroatoms. The van der Waals surface area contributed by atoms with Crippen LogP contribution < -0.4 is 10.6 Å². The molecule has 0 saturated carbocycles. The average molecular weight is 521 g/mol. The van der Waals surface area contributed by atoms with Gasteiger partial charge in [0.2, 0.25) is 0 Å². The van der Waals surface area contributed by atoms with Crippen LogP contribution in [0.3, 0.4) is 0 Å². The van der Waals surface area contributed by atoms with Gasteiger partial charge >= 0.3 is 0 Å². The van der Waals surface area contributed by atoms with Crippen molar-refractivity contribution >= 4 is 29.9 Å². The van der Waals surface area contributed by atoms with Crippen molar-refractivity contribution in [3.63, 3.8) is 0 Å². The molecule has 3 atom stereocenters. The van der Waals surface area contributed by atoms with Crippen LogP contribution in [-0.4, -0.2) is 65.0 Å². The number of aliphatic imine (C=N–C) groups is 1. The lowest BCUT2D eigenvalue weighted by Crippen LogP contribution is -2.40. The molecule has 0 amide bonds. The van der Waals surface area contributed by atoms with Crippen molar-refractivity contribution in [2.24, 2.45) is 23.9 Å². The lowest BCUT2D eigenvalue weighted by atomic mass is 9.92. The van der Waals surface area contributed by atoms with Crippen molar-refractivity contribution in [1.29, 1.82) is 0 Å². The minimum absolute atomic E-state index is 0. The normalized spacial score (nSPS) is 22.6. The standard InChI is InChI=1S/C21H40N6O.HI/c1-6-22-20(24-16-21(4,28)19-12-25-26(5)15-19)23-9-7-8-10-27-13-17(2)11-18(3)14-27;/h12,15,17-18,28H,6-11,13-14,16H2,1-5H3,(H2,22,23,24);1H. The molecule has 0 aliphatic carbocycles. The number of aryl methyl sites for hydroxylation is 1. The van der Waals surface area contributed by atoms with E-state index in [1.54, 1.807) is 17.8 Å². The van der Waals surface area contributed by atoms with Gasteiger partial charge in [0.25, 0.3) is 0 Å². The van der Waals surface area contributed by atoms with E-state index in [1.165, 1.54) is 32.5 Å². The van der Waals surface area contributed by atoms with Gasteiger partial charge < -0.3 is 20.6 Å². The van der Waals surface area contributed by atoms with E-state index in [9.17, 15) is 5.11 Å². The molecular formula is C21H41IN6O. The van der Waals surface area contributed by atoms with Crippen LogP contribution in [0.15, 0.2) is 17.4 Å². The number of aliphatic hydroxyl groups is 1. The Bertz CT molecular complexity index is 608. The predicted molar refractivity (Wildman–Crippen MR) is 131 cm³/mol. The number of piperidine rings is 1. The Labute approximate surface area is 193 Å². The second-order valence-electron chi connectivity index (χ2n) is 8.71. The third-order valence-electron chi connectivity index (χ3n) is 5.35. The minimum atomic E-state index is -1.03. The zero-order chi connectivity index (χ0) is 20.6. The number of nitrogens with one attached hydrogen (secondary N) is 2. The van der Waals surface area contributed by atoms with Crippen molar-refractivity contribution in [2.45, 2.75) is 52.6 Å². The van der Waals surface area contributed by atoms with Gasteiger partial charge in [-0.05, 0) is 51.5 Å². The molecule has 1 aliphatic rings. The Morgan fingerprint density at radius 3 is 2.55 bits per heavy atom. The number of likely N-dealkylation sites (tertiary alicyclic amines) is 1. The van der Waals surface area contributed by atoms with E-state index in [1.807, 2.05) is 13.2 Å². The van der Waals surface area contributed by atoms with Gasteiger partial charge in [0.05, 0.1) is 12.7 Å². The number of hydrogen-bond acceptors (Lipinski definition) is 4. The summed E-state index contributed by atoms with van der Waals surface area (Å²) in [7, 11) is 1.85. The highest BCUT2D eigenvalue weighted by atomic mass is 127. The van der Waals surface area contributed by atoms with E-state index >= 15 is 0 Å². The number of hydrogen-bond donors (Lipinski definition) is 3. The second kappa shape index (κ2) is 12.7. The fourth-order valence-electron chi connectivity index (χ4n) is 4.01. The van der Waals surface area contributed by atoms with Gasteiger partial charge in [-0.2, -0.15) is 5.10 Å². The summed E-state index contributed by atoms with van der Waals surface area (Å²) in [5.74, 6) is 2.40. The first-order valence-corrected chi connectivity index (χ1v) is 10.8. The van der Waals surface area contributed by atoms with Crippen LogP contribution in [0.4, 0.5) is 0 Å². The van der Waals surface area contributed by atoms with E-state index in [4.69, 9.17) is 0 Å². The van der Waals surface area contributed by atoms with Gasteiger partial charge in [0.15, 0.2) is 5.96 Å². The summed E-state index contributed by atoms with van der Waals surface area (Å²) in [5.41, 5.74) is -0.252. The van der Waals surface area contributed by atoms with Crippen LogP contribution >= 0.6 is 24.0 Å². The van der Waals surface area contributed by atoms with E-state index in [-0.39, 0.29) is 30.5 Å². The fourth-order valence-corrected chi connectivity index (χ4v) is 4.01. The van der Waals surface area contributed by atoms with Crippen LogP contribution in [0.1, 0.15) is 52.5 Å². The number of rotatable bonds is 9. The van der Waals surface area contributed by atoms with E-state index in [0.717, 1.165) is 42.9 Å². The van der Waals surface area contributed by atoms with Crippen LogP contribution in [0.2, 0.25) is 0 Å². The van der Waals surface area contributed by atoms with Crippen LogP contribution in [0, 0.1) is 11.8 Å². The summed E-state index contributed by atoms with van der Waals surface area (Å²) in [6.45, 7) is 14.2. The maximum Gasteiger partial charge on any atom is 0.191 e. The molecule has 1 aromatic heterocycles. The molecular weight excluding hydrogens is 479 g/mol. The summed E-state index contributed by atoms with van der Waals surface area (Å²) < 4.78 is 1.70. The van der Waals surface area contributed by atoms with Gasteiger partial charge in [-0.25, -0.2) is 4.99 Å². The van der Waals surface area contributed by atoms with Crippen LogP contribution in [0.25, 0.3) is 0 Å². The maximum atomic E-state index is 10.7. The van der Waals surface area contributed by atoms with Crippen molar-refractivity contribution in [3.05, 3.63) is 18.0 Å². The molecule has 0 bridgehead atoms. The van der Waals surface area contributed by atoms with Gasteiger partial charge in [0, 0.05) is 45.0 Å². The zero-order valence-corrected chi connectivity index (χ0v) is 21.1. The smallest absolute Gasteiger partial charge is 0.191 e. The molecule has 2 rings (SSSR count). The Kier molecular flexibility index (Phi) is 11.5. The Morgan fingerprint density at radius 2 is 1.97 bits per heavy atom. The highest BCUT2D eigenvalue weighted by molar-refractivity contribution is 14.0. The lowest BCUT2D eigenvalue weighted by Gasteiger charge is -2.34. The number of halogens is 1. The number of guanidine groups is 1. The molecule has 168 valence electrons. The topological polar surface area (TPSA) is 77.7 Å². The van der Waals surface area contributed by atoms with Gasteiger partial charge in [-0.1, -0.05) is 13.8 Å². The minimum Gasteiger partial charge on any atom is -0.383 e. The maximum absolute atomic E-state index is 10.7. The summed E-state index contributed by atoms with van der Waals surface area (Å²) in [6.07, 6.45) is 7.20. The van der Waals surface area contributed by atoms with E-state index in [0.29, 0.717) is 0 Å². The first-order chi connectivity index (χ1) is 13.3. The highest BCUT2D eigenvalue weighted by Gasteiger charge is 2.24. The summed E-state index contributed by atoms with van der Waals surface area (Å²) >= 11 is 0. The summed E-state index contributed by atoms with van der Waals surface area (Å²) in [5, 5.41) is 21.5. The van der Waals surface area contributed by atoms with Crippen LogP contribution in [-0.2, 0) is 12.6 Å². The largest absolute Gasteiger partial charge is 0.383 e. The Balaban J connectivity index is 0.00000420. The SMILES string of the molecule is CCNC(=NCC(C)(O)c1cnn(C)c1)NCCCCN1CC(C)CC(C)C1.I. The molecule has 0 aromatic carbocycles. The zero-order valence-electron chi connectivity index (χ0n) is 18.8. The van der Waals surface area contributed by atoms with Crippen molar-refractivity contribution in [2.75, 3.05) is 39.3 Å². The molecule has 3 unspecified atom stereocenters. The molecule has 29 heavy (non-hydrogen) atoms. The quantitative estimate of drug-likeness (QED) is 0.202. The predicted octanol–water partition coefficient (Wildman–Crippen LogP) is 2.56. The van der Waals surface area contributed by atoms with Crippen molar-refractivity contribution in [1.82, 2.24) is 25.3 Å². The number of unbranched alkanes of at least 4 members (excludes halogenated alkanes) is 1. The number of aromatic nitrogens is 2. The molecule has 2 heterocycles. The van der Waals surface area contributed by atoms with Crippen LogP contribution in [0.5, 0.6) is 0 Å². The molecule has 1 fully saturated rings. The fraction of sp³-hybridized carbons (Fsp3) is 0.810. The Morgan fingerprint density at radius 1 is 1.28 bits per heavy atom. The molecule has 3 N–H and O–H groups in total. The van der Waals surface area contributed by atoms with Gasteiger partial charge in [0.1, 0.15) is 5.60 Å². The summed E-state index contributed by atoms with van der Waals surface area (Å²) in [4.78, 5) is 7.19. The molecule has 1 aliphatic heterocycles. The third kappa shape index (κ3) is 9.21. The van der Waals surface area contributed by atoms with Gasteiger partial charge in [-0.15, -0.1) is 24.0 Å². The van der Waals surface area contributed by atoms with Crippen molar-refractivity contribution < 1.29 is 5.11 Å². The number of nitrogens with zero attached hydrogens (tertiary/aromatic N) is 4. The average Bonchev–Trinajstić information content (AvgIpc) is 3.06. The third-order valence-corrected chi connectivity index (χ3v) is 5.35. The molecule has 1 aromatic rings. The summed E-state index contributed by atoms with van der Waals surface area (Å²) in [6, 6.07) is 0.